The van der Waals surface area contributed by atoms with E-state index < -0.39 is 17.4 Å². The second-order valence-electron chi connectivity index (χ2n) is 3.11. The van der Waals surface area contributed by atoms with Gasteiger partial charge in [-0.15, -0.1) is 0 Å². The number of para-hydroxylation sites is 1. The van der Waals surface area contributed by atoms with E-state index in [4.69, 9.17) is 16.3 Å². The highest BCUT2D eigenvalue weighted by Crippen LogP contribution is 2.27. The van der Waals surface area contributed by atoms with Crippen LogP contribution in [0, 0.1) is 11.6 Å². The minimum absolute atomic E-state index is 0.327. The van der Waals surface area contributed by atoms with E-state index in [1.807, 2.05) is 0 Å². The Morgan fingerprint density at radius 3 is 2.00 bits per heavy atom. The molecule has 2 aromatic rings. The van der Waals surface area contributed by atoms with E-state index in [-0.39, 0.29) is 0 Å². The first-order chi connectivity index (χ1) is 7.66. The Morgan fingerprint density at radius 2 is 1.44 bits per heavy atom. The molecule has 0 radical (unpaired) electrons. The van der Waals surface area contributed by atoms with Crippen molar-refractivity contribution in [3.05, 3.63) is 59.1 Å². The Morgan fingerprint density at radius 1 is 0.875 bits per heavy atom. The molecule has 0 fully saturated rings. The maximum Gasteiger partial charge on any atom is 0.198 e. The summed E-state index contributed by atoms with van der Waals surface area (Å²) in [6.07, 6.45) is 0. The molecule has 0 spiro atoms. The van der Waals surface area contributed by atoms with Gasteiger partial charge in [-0.3, -0.25) is 0 Å². The summed E-state index contributed by atoms with van der Waals surface area (Å²) in [5, 5.41) is 0.529. The monoisotopic (exact) mass is 240 g/mol. The molecular weight excluding hydrogens is 234 g/mol. The average Bonchev–Trinajstić information content (AvgIpc) is 2.26. The molecule has 0 unspecified atom stereocenters. The molecule has 0 aliphatic rings. The smallest absolute Gasteiger partial charge is 0.198 e. The van der Waals surface area contributed by atoms with Gasteiger partial charge in [0.1, 0.15) is 5.75 Å². The van der Waals surface area contributed by atoms with Gasteiger partial charge in [-0.1, -0.05) is 17.7 Å². The topological polar surface area (TPSA) is 9.23 Å². The van der Waals surface area contributed by atoms with Crippen LogP contribution in [0.4, 0.5) is 8.78 Å². The molecule has 2 aromatic carbocycles. The van der Waals surface area contributed by atoms with Crippen LogP contribution >= 0.6 is 11.6 Å². The van der Waals surface area contributed by atoms with Gasteiger partial charge in [0.25, 0.3) is 0 Å². The molecule has 16 heavy (non-hydrogen) atoms. The van der Waals surface area contributed by atoms with Crippen LogP contribution in [0.3, 0.4) is 0 Å². The second-order valence-corrected chi connectivity index (χ2v) is 3.54. The molecular formula is C12H7ClF2O. The lowest BCUT2D eigenvalue weighted by Crippen LogP contribution is -1.91. The molecule has 0 aliphatic carbocycles. The summed E-state index contributed by atoms with van der Waals surface area (Å²) in [6.45, 7) is 0. The third kappa shape index (κ3) is 2.31. The summed E-state index contributed by atoms with van der Waals surface area (Å²) in [4.78, 5) is 0. The molecule has 0 atom stereocenters. The van der Waals surface area contributed by atoms with Crippen molar-refractivity contribution in [1.82, 2.24) is 0 Å². The quantitative estimate of drug-likeness (QED) is 0.756. The van der Waals surface area contributed by atoms with Crippen molar-refractivity contribution in [2.75, 3.05) is 0 Å². The lowest BCUT2D eigenvalue weighted by atomic mass is 10.3. The van der Waals surface area contributed by atoms with E-state index in [1.165, 1.54) is 18.2 Å². The van der Waals surface area contributed by atoms with E-state index in [0.717, 1.165) is 12.1 Å². The fourth-order valence-corrected chi connectivity index (χ4v) is 1.33. The van der Waals surface area contributed by atoms with Gasteiger partial charge in [0.05, 0.1) is 0 Å². The molecule has 1 nitrogen and oxygen atoms in total. The van der Waals surface area contributed by atoms with Crippen LogP contribution in [-0.4, -0.2) is 0 Å². The molecule has 0 saturated heterocycles. The molecule has 4 heteroatoms. The van der Waals surface area contributed by atoms with Crippen molar-refractivity contribution >= 4 is 11.6 Å². The normalized spacial score (nSPS) is 10.2. The van der Waals surface area contributed by atoms with Gasteiger partial charge >= 0.3 is 0 Å². The van der Waals surface area contributed by atoms with E-state index in [9.17, 15) is 8.78 Å². The molecule has 0 N–H and O–H groups in total. The van der Waals surface area contributed by atoms with Crippen molar-refractivity contribution in [3.8, 4) is 11.5 Å². The van der Waals surface area contributed by atoms with Gasteiger partial charge in [0.2, 0.25) is 0 Å². The maximum absolute atomic E-state index is 13.2. The number of hydrogen-bond donors (Lipinski definition) is 0. The van der Waals surface area contributed by atoms with Gasteiger partial charge in [0, 0.05) is 5.02 Å². The number of rotatable bonds is 2. The van der Waals surface area contributed by atoms with E-state index in [2.05, 4.69) is 0 Å². The minimum atomic E-state index is -0.741. The third-order valence-corrected chi connectivity index (χ3v) is 2.20. The highest BCUT2D eigenvalue weighted by Gasteiger charge is 2.10. The molecule has 0 amide bonds. The van der Waals surface area contributed by atoms with E-state index in [0.29, 0.717) is 10.8 Å². The van der Waals surface area contributed by atoms with Crippen LogP contribution in [0.25, 0.3) is 0 Å². The summed E-state index contributed by atoms with van der Waals surface area (Å²) in [5.41, 5.74) is 0. The first-order valence-electron chi connectivity index (χ1n) is 4.54. The molecule has 2 rings (SSSR count). The summed E-state index contributed by atoms with van der Waals surface area (Å²) < 4.78 is 31.5. The highest BCUT2D eigenvalue weighted by molar-refractivity contribution is 6.30. The number of benzene rings is 2. The van der Waals surface area contributed by atoms with Crippen molar-refractivity contribution in [1.29, 1.82) is 0 Å². The van der Waals surface area contributed by atoms with Gasteiger partial charge in [-0.05, 0) is 36.4 Å². The zero-order valence-electron chi connectivity index (χ0n) is 8.08. The van der Waals surface area contributed by atoms with Crippen molar-refractivity contribution < 1.29 is 13.5 Å². The maximum atomic E-state index is 13.2. The lowest BCUT2D eigenvalue weighted by Gasteiger charge is -2.07. The fraction of sp³-hybridized carbons (Fsp3) is 0. The standard InChI is InChI=1S/C12H7ClF2O/c13-8-4-6-9(7-5-8)16-12-10(14)2-1-3-11(12)15/h1-7H. The van der Waals surface area contributed by atoms with Crippen molar-refractivity contribution in [3.63, 3.8) is 0 Å². The number of hydrogen-bond acceptors (Lipinski definition) is 1. The number of halogens is 3. The van der Waals surface area contributed by atoms with Crippen LogP contribution < -0.4 is 4.74 Å². The van der Waals surface area contributed by atoms with Gasteiger partial charge in [-0.2, -0.15) is 0 Å². The Balaban J connectivity index is 2.30. The van der Waals surface area contributed by atoms with E-state index in [1.54, 1.807) is 12.1 Å². The Bertz CT molecular complexity index is 477. The van der Waals surface area contributed by atoms with Crippen molar-refractivity contribution in [2.24, 2.45) is 0 Å². The highest BCUT2D eigenvalue weighted by atomic mass is 35.5. The lowest BCUT2D eigenvalue weighted by molar-refractivity contribution is 0.407. The molecule has 0 bridgehead atoms. The third-order valence-electron chi connectivity index (χ3n) is 1.95. The number of ether oxygens (including phenoxy) is 1. The van der Waals surface area contributed by atoms with Gasteiger partial charge < -0.3 is 4.74 Å². The predicted molar refractivity (Wildman–Crippen MR) is 57.9 cm³/mol. The van der Waals surface area contributed by atoms with Crippen LogP contribution in [0.5, 0.6) is 11.5 Å². The fourth-order valence-electron chi connectivity index (χ4n) is 1.20. The van der Waals surface area contributed by atoms with Crippen LogP contribution in [0.1, 0.15) is 0 Å². The molecule has 0 heterocycles. The van der Waals surface area contributed by atoms with Crippen LogP contribution in [0.2, 0.25) is 5.02 Å². The first kappa shape index (κ1) is 10.9. The van der Waals surface area contributed by atoms with Crippen molar-refractivity contribution in [2.45, 2.75) is 0 Å². The van der Waals surface area contributed by atoms with Crippen LogP contribution in [-0.2, 0) is 0 Å². The van der Waals surface area contributed by atoms with Gasteiger partial charge in [-0.25, -0.2) is 8.78 Å². The molecule has 0 aromatic heterocycles. The van der Waals surface area contributed by atoms with Gasteiger partial charge in [0.15, 0.2) is 17.4 Å². The minimum Gasteiger partial charge on any atom is -0.451 e. The Hall–Kier alpha value is -1.61. The summed E-state index contributed by atoms with van der Waals surface area (Å²) in [6, 6.07) is 9.77. The predicted octanol–water partition coefficient (Wildman–Crippen LogP) is 4.41. The van der Waals surface area contributed by atoms with Crippen LogP contribution in [0.15, 0.2) is 42.5 Å². The zero-order valence-corrected chi connectivity index (χ0v) is 8.84. The SMILES string of the molecule is Fc1cccc(F)c1Oc1ccc(Cl)cc1. The Kier molecular flexibility index (Phi) is 3.06. The largest absolute Gasteiger partial charge is 0.451 e. The second kappa shape index (κ2) is 4.49. The molecule has 0 aliphatic heterocycles. The Labute approximate surface area is 96.2 Å². The summed E-state index contributed by atoms with van der Waals surface area (Å²) >= 11 is 5.67. The first-order valence-corrected chi connectivity index (χ1v) is 4.92. The molecule has 0 saturated carbocycles. The van der Waals surface area contributed by atoms with E-state index >= 15 is 0 Å². The molecule has 82 valence electrons. The summed E-state index contributed by atoms with van der Waals surface area (Å²) in [5.74, 6) is -1.57. The average molecular weight is 241 g/mol. The summed E-state index contributed by atoms with van der Waals surface area (Å²) in [7, 11) is 0. The zero-order chi connectivity index (χ0) is 11.5.